The zero-order chi connectivity index (χ0) is 9.94. The Morgan fingerprint density at radius 2 is 2.08 bits per heavy atom. The molecule has 0 aromatic heterocycles. The normalized spacial score (nSPS) is 10.8. The predicted octanol–water partition coefficient (Wildman–Crippen LogP) is 2.75. The Hall–Kier alpha value is -0.230. The van der Waals surface area contributed by atoms with Crippen molar-refractivity contribution in [1.82, 2.24) is 0 Å². The van der Waals surface area contributed by atoms with Gasteiger partial charge in [-0.25, -0.2) is 0 Å². The molecule has 1 unspecified atom stereocenters. The van der Waals surface area contributed by atoms with E-state index in [-0.39, 0.29) is 0 Å². The van der Waals surface area contributed by atoms with Gasteiger partial charge in [-0.3, -0.25) is 4.79 Å². The molecule has 0 N–H and O–H groups in total. The summed E-state index contributed by atoms with van der Waals surface area (Å²) in [6.07, 6.45) is 7.42. The smallest absolute Gasteiger partial charge is 0.151 e. The van der Waals surface area contributed by atoms with Crippen LogP contribution in [0.15, 0.2) is 0 Å². The maximum atomic E-state index is 11.2. The van der Waals surface area contributed by atoms with E-state index in [0.717, 1.165) is 44.6 Å². The van der Waals surface area contributed by atoms with Crippen molar-refractivity contribution >= 4 is 20.4 Å². The minimum atomic E-state index is 0.410. The van der Waals surface area contributed by atoms with Gasteiger partial charge in [-0.1, -0.05) is 21.9 Å². The second-order valence-corrected chi connectivity index (χ2v) is 4.53. The summed E-state index contributed by atoms with van der Waals surface area (Å²) in [6.45, 7) is 2.10. The van der Waals surface area contributed by atoms with Gasteiger partial charge in [0.05, 0.1) is 0 Å². The molecular formula is C10H19O2P. The van der Waals surface area contributed by atoms with Crippen LogP contribution >= 0.6 is 8.58 Å². The molecule has 3 heteroatoms. The molecule has 0 radical (unpaired) electrons. The fourth-order valence-electron chi connectivity index (χ4n) is 1.01. The lowest BCUT2D eigenvalue weighted by molar-refractivity contribution is -0.111. The summed E-state index contributed by atoms with van der Waals surface area (Å²) < 4.78 is 0. The second kappa shape index (κ2) is 9.85. The van der Waals surface area contributed by atoms with E-state index in [9.17, 15) is 9.59 Å². The lowest BCUT2D eigenvalue weighted by atomic mass is 10.3. The summed E-state index contributed by atoms with van der Waals surface area (Å²) >= 11 is 0. The monoisotopic (exact) mass is 202 g/mol. The molecular weight excluding hydrogens is 183 g/mol. The SMILES string of the molecule is CCCCC(=O)PCCCCC=O. The van der Waals surface area contributed by atoms with Crippen molar-refractivity contribution in [2.75, 3.05) is 6.16 Å². The van der Waals surface area contributed by atoms with Gasteiger partial charge in [-0.15, -0.1) is 0 Å². The van der Waals surface area contributed by atoms with E-state index in [2.05, 4.69) is 6.92 Å². The summed E-state index contributed by atoms with van der Waals surface area (Å²) in [5.41, 5.74) is 0.410. The number of carbonyl (C=O) groups excluding carboxylic acids is 2. The highest BCUT2D eigenvalue weighted by Gasteiger charge is 1.99. The number of unbranched alkanes of at least 4 members (excludes halogenated alkanes) is 3. The summed E-state index contributed by atoms with van der Waals surface area (Å²) in [5.74, 6) is 0. The average molecular weight is 202 g/mol. The van der Waals surface area contributed by atoms with Crippen LogP contribution in [0, 0.1) is 0 Å². The number of hydrogen-bond donors (Lipinski definition) is 0. The van der Waals surface area contributed by atoms with Crippen molar-refractivity contribution in [2.45, 2.75) is 45.4 Å². The summed E-state index contributed by atoms with van der Waals surface area (Å²) in [5, 5.41) is 0. The maximum absolute atomic E-state index is 11.2. The maximum Gasteiger partial charge on any atom is 0.151 e. The van der Waals surface area contributed by atoms with E-state index in [1.54, 1.807) is 0 Å². The van der Waals surface area contributed by atoms with Gasteiger partial charge in [0.2, 0.25) is 0 Å². The van der Waals surface area contributed by atoms with Crippen molar-refractivity contribution in [1.29, 1.82) is 0 Å². The Bertz CT molecular complexity index is 146. The Kier molecular flexibility index (Phi) is 9.68. The fourth-order valence-corrected chi connectivity index (χ4v) is 2.07. The van der Waals surface area contributed by atoms with Gasteiger partial charge in [0, 0.05) is 12.8 Å². The van der Waals surface area contributed by atoms with Crippen molar-refractivity contribution in [2.24, 2.45) is 0 Å². The van der Waals surface area contributed by atoms with Gasteiger partial charge in [0.15, 0.2) is 5.52 Å². The molecule has 0 fully saturated rings. The fraction of sp³-hybridized carbons (Fsp3) is 0.800. The predicted molar refractivity (Wildman–Crippen MR) is 57.6 cm³/mol. The van der Waals surface area contributed by atoms with E-state index < -0.39 is 0 Å². The van der Waals surface area contributed by atoms with Crippen LogP contribution < -0.4 is 0 Å². The molecule has 0 aromatic carbocycles. The zero-order valence-electron chi connectivity index (χ0n) is 8.34. The summed E-state index contributed by atoms with van der Waals surface area (Å²) in [7, 11) is 0.472. The largest absolute Gasteiger partial charge is 0.303 e. The van der Waals surface area contributed by atoms with Gasteiger partial charge < -0.3 is 4.79 Å². The molecule has 0 aliphatic heterocycles. The van der Waals surface area contributed by atoms with E-state index in [0.29, 0.717) is 20.5 Å². The van der Waals surface area contributed by atoms with Crippen molar-refractivity contribution in [3.63, 3.8) is 0 Å². The molecule has 0 aliphatic carbocycles. The standard InChI is InChI=1S/C10H19O2P/c1-2-3-7-10(12)13-9-6-4-5-8-11/h8,13H,2-7,9H2,1H3. The van der Waals surface area contributed by atoms with Crippen molar-refractivity contribution < 1.29 is 9.59 Å². The van der Waals surface area contributed by atoms with E-state index in [1.807, 2.05) is 0 Å². The number of hydrogen-bond acceptors (Lipinski definition) is 2. The molecule has 0 saturated carbocycles. The van der Waals surface area contributed by atoms with Gasteiger partial charge in [-0.2, -0.15) is 0 Å². The summed E-state index contributed by atoms with van der Waals surface area (Å²) in [4.78, 5) is 21.2. The highest BCUT2D eigenvalue weighted by molar-refractivity contribution is 7.57. The minimum Gasteiger partial charge on any atom is -0.303 e. The van der Waals surface area contributed by atoms with Crippen LogP contribution in [0.1, 0.15) is 45.4 Å². The minimum absolute atomic E-state index is 0.410. The first kappa shape index (κ1) is 12.8. The van der Waals surface area contributed by atoms with Crippen LogP contribution in [-0.2, 0) is 9.59 Å². The molecule has 1 atom stereocenters. The molecule has 0 spiro atoms. The molecule has 0 aromatic rings. The molecule has 0 saturated heterocycles. The quantitative estimate of drug-likeness (QED) is 0.327. The lowest BCUT2D eigenvalue weighted by Gasteiger charge is -1.98. The molecule has 0 rings (SSSR count). The van der Waals surface area contributed by atoms with Crippen molar-refractivity contribution in [3.05, 3.63) is 0 Å². The summed E-state index contributed by atoms with van der Waals surface area (Å²) in [6, 6.07) is 0. The third-order valence-electron chi connectivity index (χ3n) is 1.83. The first-order valence-electron chi connectivity index (χ1n) is 5.01. The Morgan fingerprint density at radius 3 is 2.69 bits per heavy atom. The molecule has 0 aliphatic rings. The molecule has 0 bridgehead atoms. The van der Waals surface area contributed by atoms with Crippen molar-refractivity contribution in [3.8, 4) is 0 Å². The van der Waals surface area contributed by atoms with Gasteiger partial charge in [0.25, 0.3) is 0 Å². The Morgan fingerprint density at radius 1 is 1.31 bits per heavy atom. The third-order valence-corrected chi connectivity index (χ3v) is 3.08. The van der Waals surface area contributed by atoms with E-state index in [4.69, 9.17) is 0 Å². The molecule has 2 nitrogen and oxygen atoms in total. The van der Waals surface area contributed by atoms with E-state index >= 15 is 0 Å². The van der Waals surface area contributed by atoms with Crippen LogP contribution in [0.2, 0.25) is 0 Å². The number of carbonyl (C=O) groups is 2. The zero-order valence-corrected chi connectivity index (χ0v) is 9.34. The highest BCUT2D eigenvalue weighted by Crippen LogP contribution is 2.17. The first-order chi connectivity index (χ1) is 6.31. The van der Waals surface area contributed by atoms with Crippen LogP contribution in [0.4, 0.5) is 0 Å². The molecule has 0 heterocycles. The average Bonchev–Trinajstić information content (AvgIpc) is 2.14. The third kappa shape index (κ3) is 9.69. The topological polar surface area (TPSA) is 34.1 Å². The highest BCUT2D eigenvalue weighted by atomic mass is 31.1. The lowest BCUT2D eigenvalue weighted by Crippen LogP contribution is -1.91. The van der Waals surface area contributed by atoms with Crippen LogP contribution in [0.5, 0.6) is 0 Å². The van der Waals surface area contributed by atoms with Gasteiger partial charge in [-0.05, 0) is 25.4 Å². The van der Waals surface area contributed by atoms with E-state index in [1.165, 1.54) is 0 Å². The van der Waals surface area contributed by atoms with Crippen LogP contribution in [0.3, 0.4) is 0 Å². The Labute approximate surface area is 82.3 Å². The molecule has 0 amide bonds. The van der Waals surface area contributed by atoms with Gasteiger partial charge in [0.1, 0.15) is 6.29 Å². The number of aldehydes is 1. The molecule has 76 valence electrons. The Balaban J connectivity index is 3.12. The number of rotatable bonds is 9. The van der Waals surface area contributed by atoms with Crippen LogP contribution in [-0.4, -0.2) is 18.0 Å². The van der Waals surface area contributed by atoms with Gasteiger partial charge >= 0.3 is 0 Å². The first-order valence-corrected chi connectivity index (χ1v) is 6.22. The molecule has 13 heavy (non-hydrogen) atoms. The van der Waals surface area contributed by atoms with Crippen LogP contribution in [0.25, 0.3) is 0 Å². The second-order valence-electron chi connectivity index (χ2n) is 3.12.